The Kier molecular flexibility index (Phi) is 3.86. The first kappa shape index (κ1) is 13.1. The Balaban J connectivity index is 1.77. The minimum absolute atomic E-state index is 0.601. The van der Waals surface area contributed by atoms with Crippen molar-refractivity contribution >= 4 is 44.2 Å². The number of benzene rings is 1. The molecule has 0 radical (unpaired) electrons. The summed E-state index contributed by atoms with van der Waals surface area (Å²) in [5.74, 6) is 2.45. The molecule has 1 aliphatic heterocycles. The monoisotopic (exact) mass is 358 g/mol. The molecule has 0 saturated carbocycles. The van der Waals surface area contributed by atoms with Gasteiger partial charge in [0.1, 0.15) is 13.2 Å². The van der Waals surface area contributed by atoms with Crippen molar-refractivity contribution in [2.45, 2.75) is 9.96 Å². The summed E-state index contributed by atoms with van der Waals surface area (Å²) in [6.07, 6.45) is 1.80. The highest BCUT2D eigenvalue weighted by molar-refractivity contribution is 9.10. The van der Waals surface area contributed by atoms with Crippen molar-refractivity contribution in [1.29, 1.82) is 0 Å². The lowest BCUT2D eigenvalue weighted by molar-refractivity contribution is 0.171. The first-order chi connectivity index (χ1) is 9.22. The summed E-state index contributed by atoms with van der Waals surface area (Å²) in [4.78, 5) is 4.04. The Morgan fingerprint density at radius 1 is 1.32 bits per heavy atom. The molecular formula is C12H11BrN2O2S2. The molecule has 0 aliphatic carbocycles. The first-order valence-electron chi connectivity index (χ1n) is 5.64. The van der Waals surface area contributed by atoms with Crippen molar-refractivity contribution in [2.24, 2.45) is 0 Å². The van der Waals surface area contributed by atoms with Gasteiger partial charge in [-0.05, 0) is 17.7 Å². The molecule has 4 nitrogen and oxygen atoms in total. The number of ether oxygens (including phenoxy) is 2. The summed E-state index contributed by atoms with van der Waals surface area (Å²) >= 11 is 6.78. The summed E-state index contributed by atoms with van der Waals surface area (Å²) in [5.41, 5.74) is 6.78. The van der Waals surface area contributed by atoms with Gasteiger partial charge in [-0.15, -0.1) is 11.8 Å². The van der Waals surface area contributed by atoms with E-state index >= 15 is 0 Å². The topological polar surface area (TPSA) is 57.4 Å². The van der Waals surface area contributed by atoms with E-state index in [1.54, 1.807) is 18.0 Å². The molecule has 100 valence electrons. The Morgan fingerprint density at radius 2 is 2.05 bits per heavy atom. The van der Waals surface area contributed by atoms with Crippen molar-refractivity contribution in [2.75, 3.05) is 18.9 Å². The van der Waals surface area contributed by atoms with Crippen molar-refractivity contribution in [3.8, 4) is 11.5 Å². The number of anilines is 1. The third-order valence-corrected chi connectivity index (χ3v) is 5.39. The van der Waals surface area contributed by atoms with E-state index in [1.807, 2.05) is 12.1 Å². The highest BCUT2D eigenvalue weighted by Crippen LogP contribution is 2.38. The van der Waals surface area contributed by atoms with Gasteiger partial charge in [0.25, 0.3) is 0 Å². The number of fused-ring (bicyclic) bond motifs is 1. The van der Waals surface area contributed by atoms with Gasteiger partial charge in [-0.1, -0.05) is 27.3 Å². The lowest BCUT2D eigenvalue weighted by atomic mass is 10.2. The molecule has 2 aromatic rings. The number of rotatable bonds is 3. The van der Waals surface area contributed by atoms with Crippen molar-refractivity contribution in [1.82, 2.24) is 4.98 Å². The zero-order chi connectivity index (χ0) is 13.2. The second-order valence-electron chi connectivity index (χ2n) is 3.89. The molecule has 0 spiro atoms. The van der Waals surface area contributed by atoms with Gasteiger partial charge in [0.05, 0.1) is 10.4 Å². The molecule has 19 heavy (non-hydrogen) atoms. The third kappa shape index (κ3) is 2.98. The van der Waals surface area contributed by atoms with Crippen LogP contribution in [0, 0.1) is 0 Å². The Morgan fingerprint density at radius 3 is 2.74 bits per heavy atom. The minimum atomic E-state index is 0.601. The molecule has 0 saturated heterocycles. The highest BCUT2D eigenvalue weighted by atomic mass is 79.9. The number of nitrogen functional groups attached to an aromatic ring is 1. The number of hydrogen-bond donors (Lipinski definition) is 1. The normalized spacial score (nSPS) is 13.5. The number of nitrogens with two attached hydrogens (primary N) is 1. The maximum atomic E-state index is 5.62. The number of thiazole rings is 1. The smallest absolute Gasteiger partial charge is 0.181 e. The number of nitrogens with zero attached hydrogens (tertiary/aromatic N) is 1. The lowest BCUT2D eigenvalue weighted by Crippen LogP contribution is -2.15. The van der Waals surface area contributed by atoms with Crippen molar-refractivity contribution in [3.63, 3.8) is 0 Å². The SMILES string of the molecule is Nc1ncc(SCc2cc3c(cc2Br)OCCO3)s1. The van der Waals surface area contributed by atoms with E-state index in [-0.39, 0.29) is 0 Å². The van der Waals surface area contributed by atoms with Gasteiger partial charge in [-0.2, -0.15) is 0 Å². The summed E-state index contributed by atoms with van der Waals surface area (Å²) in [6.45, 7) is 1.21. The molecule has 1 aliphatic rings. The van der Waals surface area contributed by atoms with Crippen LogP contribution in [0.2, 0.25) is 0 Å². The van der Waals surface area contributed by atoms with E-state index in [9.17, 15) is 0 Å². The van der Waals surface area contributed by atoms with Gasteiger partial charge in [0.2, 0.25) is 0 Å². The maximum absolute atomic E-state index is 5.62. The fourth-order valence-corrected chi connectivity index (χ4v) is 4.10. The van der Waals surface area contributed by atoms with Crippen molar-refractivity contribution < 1.29 is 9.47 Å². The summed E-state index contributed by atoms with van der Waals surface area (Å²) in [7, 11) is 0. The molecule has 0 bridgehead atoms. The molecule has 1 aromatic carbocycles. The van der Waals surface area contributed by atoms with Gasteiger partial charge in [0, 0.05) is 10.2 Å². The number of halogens is 1. The van der Waals surface area contributed by atoms with Crippen LogP contribution >= 0.6 is 39.0 Å². The van der Waals surface area contributed by atoms with Crippen LogP contribution in [0.25, 0.3) is 0 Å². The molecule has 2 N–H and O–H groups in total. The Bertz CT molecular complexity index is 603. The maximum Gasteiger partial charge on any atom is 0.181 e. The molecule has 1 aromatic heterocycles. The van der Waals surface area contributed by atoms with Gasteiger partial charge in [0.15, 0.2) is 16.6 Å². The average molecular weight is 359 g/mol. The van der Waals surface area contributed by atoms with E-state index in [1.165, 1.54) is 16.9 Å². The zero-order valence-corrected chi connectivity index (χ0v) is 13.1. The van der Waals surface area contributed by atoms with E-state index in [2.05, 4.69) is 20.9 Å². The fraction of sp³-hybridized carbons (Fsp3) is 0.250. The van der Waals surface area contributed by atoms with Crippen LogP contribution in [0.1, 0.15) is 5.56 Å². The first-order valence-corrected chi connectivity index (χ1v) is 8.24. The Hall–Kier alpha value is -0.920. The van der Waals surface area contributed by atoms with Crippen LogP contribution in [0.5, 0.6) is 11.5 Å². The Labute approximate surface area is 127 Å². The largest absolute Gasteiger partial charge is 0.486 e. The second kappa shape index (κ2) is 5.60. The molecule has 0 amide bonds. The standard InChI is InChI=1S/C12H11BrN2O2S2/c13-8-4-10-9(16-1-2-17-10)3-7(8)6-18-11-5-15-12(14)19-11/h3-5H,1-2,6H2,(H2,14,15). The summed E-state index contributed by atoms with van der Waals surface area (Å²) in [6, 6.07) is 3.99. The molecule has 0 fully saturated rings. The van der Waals surface area contributed by atoms with E-state index in [0.717, 1.165) is 25.9 Å². The van der Waals surface area contributed by atoms with Crippen molar-refractivity contribution in [3.05, 3.63) is 28.4 Å². The summed E-state index contributed by atoms with van der Waals surface area (Å²) < 4.78 is 13.3. The van der Waals surface area contributed by atoms with E-state index in [0.29, 0.717) is 18.3 Å². The number of aromatic nitrogens is 1. The quantitative estimate of drug-likeness (QED) is 0.850. The van der Waals surface area contributed by atoms with Crippen LogP contribution in [-0.2, 0) is 5.75 Å². The number of thioether (sulfide) groups is 1. The predicted molar refractivity (Wildman–Crippen MR) is 81.2 cm³/mol. The molecule has 2 heterocycles. The van der Waals surface area contributed by atoms with Gasteiger partial charge < -0.3 is 15.2 Å². The molecule has 7 heteroatoms. The second-order valence-corrected chi connectivity index (χ2v) is 7.09. The predicted octanol–water partition coefficient (Wildman–Crippen LogP) is 3.55. The molecule has 0 unspecified atom stereocenters. The van der Waals surface area contributed by atoms with E-state index < -0.39 is 0 Å². The van der Waals surface area contributed by atoms with Gasteiger partial charge >= 0.3 is 0 Å². The lowest BCUT2D eigenvalue weighted by Gasteiger charge is -2.19. The van der Waals surface area contributed by atoms with Crippen LogP contribution in [0.15, 0.2) is 27.0 Å². The van der Waals surface area contributed by atoms with Crippen LogP contribution in [0.4, 0.5) is 5.13 Å². The molecule has 0 atom stereocenters. The highest BCUT2D eigenvalue weighted by Gasteiger charge is 2.15. The van der Waals surface area contributed by atoms with E-state index in [4.69, 9.17) is 15.2 Å². The molecular weight excluding hydrogens is 348 g/mol. The van der Waals surface area contributed by atoms with Crippen LogP contribution < -0.4 is 15.2 Å². The summed E-state index contributed by atoms with van der Waals surface area (Å²) in [5, 5.41) is 0.601. The van der Waals surface area contributed by atoms with Gasteiger partial charge in [-0.3, -0.25) is 0 Å². The number of hydrogen-bond acceptors (Lipinski definition) is 6. The fourth-order valence-electron chi connectivity index (χ4n) is 1.70. The molecule has 3 rings (SSSR count). The van der Waals surface area contributed by atoms with Gasteiger partial charge in [-0.25, -0.2) is 4.98 Å². The minimum Gasteiger partial charge on any atom is -0.486 e. The van der Waals surface area contributed by atoms with Crippen LogP contribution in [-0.4, -0.2) is 18.2 Å². The third-order valence-electron chi connectivity index (χ3n) is 2.58. The van der Waals surface area contributed by atoms with Crippen LogP contribution in [0.3, 0.4) is 0 Å². The average Bonchev–Trinajstić information content (AvgIpc) is 2.82. The zero-order valence-electron chi connectivity index (χ0n) is 9.89.